The Bertz CT molecular complexity index is 186. The lowest BCUT2D eigenvalue weighted by molar-refractivity contribution is -0.136. The van der Waals surface area contributed by atoms with E-state index in [0.717, 1.165) is 0 Å². The van der Waals surface area contributed by atoms with Gasteiger partial charge >= 0.3 is 5.97 Å². The minimum absolute atomic E-state index is 0.249. The predicted octanol–water partition coefficient (Wildman–Crippen LogP) is 2.84. The van der Waals surface area contributed by atoms with Gasteiger partial charge in [0.15, 0.2) is 0 Å². The van der Waals surface area contributed by atoms with E-state index in [0.29, 0.717) is 12.3 Å². The maximum absolute atomic E-state index is 10.3. The monoisotopic (exact) mass is 170 g/mol. The van der Waals surface area contributed by atoms with E-state index in [1.807, 2.05) is 13.8 Å². The van der Waals surface area contributed by atoms with Crippen LogP contribution in [0.2, 0.25) is 0 Å². The number of rotatable bonds is 4. The summed E-state index contributed by atoms with van der Waals surface area (Å²) in [4.78, 5) is 10.3. The molecular formula is C10H18O2. The van der Waals surface area contributed by atoms with Crippen molar-refractivity contribution in [2.45, 2.75) is 40.5 Å². The average Bonchev–Trinajstić information content (AvgIpc) is 1.84. The number of carboxylic acid groups (broad SMARTS) is 1. The molecule has 0 spiro atoms. The van der Waals surface area contributed by atoms with Gasteiger partial charge in [0.05, 0.1) is 0 Å². The van der Waals surface area contributed by atoms with Crippen LogP contribution in [0.3, 0.4) is 0 Å². The lowest BCUT2D eigenvalue weighted by Gasteiger charge is -2.12. The Morgan fingerprint density at radius 1 is 1.25 bits per heavy atom. The van der Waals surface area contributed by atoms with Crippen molar-refractivity contribution >= 4 is 5.97 Å². The molecule has 0 amide bonds. The molecule has 0 aromatic heterocycles. The number of carbonyl (C=O) groups is 1. The molecule has 0 aliphatic rings. The first kappa shape index (κ1) is 11.2. The Morgan fingerprint density at radius 3 is 2.00 bits per heavy atom. The van der Waals surface area contributed by atoms with Gasteiger partial charge in [-0.05, 0) is 26.2 Å². The molecule has 0 atom stereocenters. The molecule has 0 aliphatic heterocycles. The first-order chi connectivity index (χ1) is 5.45. The summed E-state index contributed by atoms with van der Waals surface area (Å²) in [5, 5.41) is 8.50. The maximum Gasteiger partial charge on any atom is 0.303 e. The molecule has 0 aliphatic carbocycles. The maximum atomic E-state index is 10.3. The van der Waals surface area contributed by atoms with Crippen molar-refractivity contribution < 1.29 is 9.90 Å². The summed E-state index contributed by atoms with van der Waals surface area (Å²) in [6.07, 6.45) is 0.939. The van der Waals surface area contributed by atoms with E-state index in [-0.39, 0.29) is 6.42 Å². The van der Waals surface area contributed by atoms with E-state index >= 15 is 0 Å². The summed E-state index contributed by atoms with van der Waals surface area (Å²) in [6.45, 7) is 8.28. The summed E-state index contributed by atoms with van der Waals surface area (Å²) in [7, 11) is 0. The molecule has 0 fully saturated rings. The minimum atomic E-state index is -0.714. The van der Waals surface area contributed by atoms with Crippen LogP contribution >= 0.6 is 0 Å². The minimum Gasteiger partial charge on any atom is -0.481 e. The highest BCUT2D eigenvalue weighted by molar-refractivity contribution is 5.67. The average molecular weight is 170 g/mol. The van der Waals surface area contributed by atoms with Crippen LogP contribution in [0.4, 0.5) is 0 Å². The van der Waals surface area contributed by atoms with Gasteiger partial charge < -0.3 is 5.11 Å². The number of hydrogen-bond donors (Lipinski definition) is 1. The van der Waals surface area contributed by atoms with Crippen LogP contribution in [-0.2, 0) is 4.79 Å². The molecule has 2 heteroatoms. The highest BCUT2D eigenvalue weighted by Crippen LogP contribution is 2.19. The van der Waals surface area contributed by atoms with Crippen molar-refractivity contribution in [3.63, 3.8) is 0 Å². The summed E-state index contributed by atoms with van der Waals surface area (Å²) in [5.41, 5.74) is 2.53. The summed E-state index contributed by atoms with van der Waals surface area (Å²) >= 11 is 0. The van der Waals surface area contributed by atoms with E-state index in [9.17, 15) is 4.79 Å². The van der Waals surface area contributed by atoms with Crippen LogP contribution in [0.5, 0.6) is 0 Å². The first-order valence-electron chi connectivity index (χ1n) is 4.33. The van der Waals surface area contributed by atoms with Gasteiger partial charge in [-0.3, -0.25) is 4.79 Å². The quantitative estimate of drug-likeness (QED) is 0.659. The van der Waals surface area contributed by atoms with Gasteiger partial charge in [0.25, 0.3) is 0 Å². The van der Waals surface area contributed by atoms with Crippen molar-refractivity contribution in [3.05, 3.63) is 11.1 Å². The summed E-state index contributed by atoms with van der Waals surface area (Å²) in [6, 6.07) is 0. The van der Waals surface area contributed by atoms with E-state index < -0.39 is 5.97 Å². The van der Waals surface area contributed by atoms with Gasteiger partial charge in [-0.25, -0.2) is 0 Å². The SMILES string of the molecule is CC(C)=C(CCC(=O)O)C(C)C. The Hall–Kier alpha value is -0.790. The molecule has 0 bridgehead atoms. The van der Waals surface area contributed by atoms with Gasteiger partial charge in [-0.1, -0.05) is 25.0 Å². The molecular weight excluding hydrogens is 152 g/mol. The third-order valence-electron chi connectivity index (χ3n) is 1.95. The van der Waals surface area contributed by atoms with Crippen LogP contribution in [0.1, 0.15) is 40.5 Å². The number of hydrogen-bond acceptors (Lipinski definition) is 1. The standard InChI is InChI=1S/C10H18O2/c1-7(2)9(8(3)4)5-6-10(11)12/h7H,5-6H2,1-4H3,(H,11,12). The van der Waals surface area contributed by atoms with E-state index in [2.05, 4.69) is 13.8 Å². The topological polar surface area (TPSA) is 37.3 Å². The van der Waals surface area contributed by atoms with Gasteiger partial charge in [-0.2, -0.15) is 0 Å². The lowest BCUT2D eigenvalue weighted by atomic mass is 9.94. The van der Waals surface area contributed by atoms with Gasteiger partial charge in [0.1, 0.15) is 0 Å². The zero-order valence-corrected chi connectivity index (χ0v) is 8.35. The number of carboxylic acids is 1. The molecule has 70 valence electrons. The van der Waals surface area contributed by atoms with Gasteiger partial charge in [-0.15, -0.1) is 0 Å². The predicted molar refractivity (Wildman–Crippen MR) is 50.1 cm³/mol. The molecule has 0 aromatic carbocycles. The largest absolute Gasteiger partial charge is 0.481 e. The van der Waals surface area contributed by atoms with Gasteiger partial charge in [0, 0.05) is 6.42 Å². The molecule has 0 radical (unpaired) electrons. The summed E-state index contributed by atoms with van der Waals surface area (Å²) < 4.78 is 0. The van der Waals surface area contributed by atoms with E-state index in [1.165, 1.54) is 11.1 Å². The molecule has 0 rings (SSSR count). The van der Waals surface area contributed by atoms with Crippen LogP contribution in [-0.4, -0.2) is 11.1 Å². The van der Waals surface area contributed by atoms with E-state index in [4.69, 9.17) is 5.11 Å². The molecule has 2 nitrogen and oxygen atoms in total. The molecule has 0 saturated heterocycles. The van der Waals surface area contributed by atoms with Gasteiger partial charge in [0.2, 0.25) is 0 Å². The Balaban J connectivity index is 4.18. The highest BCUT2D eigenvalue weighted by Gasteiger charge is 2.07. The smallest absolute Gasteiger partial charge is 0.303 e. The lowest BCUT2D eigenvalue weighted by Crippen LogP contribution is -2.01. The van der Waals surface area contributed by atoms with Crippen LogP contribution in [0, 0.1) is 5.92 Å². The van der Waals surface area contributed by atoms with Crippen LogP contribution < -0.4 is 0 Å². The fourth-order valence-corrected chi connectivity index (χ4v) is 1.36. The number of allylic oxidation sites excluding steroid dienone is 2. The second-order valence-electron chi connectivity index (χ2n) is 3.57. The Morgan fingerprint density at radius 2 is 1.75 bits per heavy atom. The molecule has 12 heavy (non-hydrogen) atoms. The van der Waals surface area contributed by atoms with Crippen LogP contribution in [0.25, 0.3) is 0 Å². The molecule has 0 heterocycles. The van der Waals surface area contributed by atoms with Crippen molar-refractivity contribution in [1.29, 1.82) is 0 Å². The third kappa shape index (κ3) is 4.16. The third-order valence-corrected chi connectivity index (χ3v) is 1.95. The fraction of sp³-hybridized carbons (Fsp3) is 0.700. The highest BCUT2D eigenvalue weighted by atomic mass is 16.4. The van der Waals surface area contributed by atoms with E-state index in [1.54, 1.807) is 0 Å². The molecule has 0 saturated carbocycles. The number of aliphatic carboxylic acids is 1. The fourth-order valence-electron chi connectivity index (χ4n) is 1.36. The Labute approximate surface area is 74.3 Å². The Kier molecular flexibility index (Phi) is 4.64. The normalized spacial score (nSPS) is 10.1. The molecule has 0 unspecified atom stereocenters. The second kappa shape index (κ2) is 4.96. The zero-order chi connectivity index (χ0) is 9.72. The van der Waals surface area contributed by atoms with Crippen molar-refractivity contribution in [3.8, 4) is 0 Å². The van der Waals surface area contributed by atoms with Crippen molar-refractivity contribution in [1.82, 2.24) is 0 Å². The first-order valence-corrected chi connectivity index (χ1v) is 4.33. The van der Waals surface area contributed by atoms with Crippen molar-refractivity contribution in [2.75, 3.05) is 0 Å². The molecule has 0 aromatic rings. The van der Waals surface area contributed by atoms with Crippen LogP contribution in [0.15, 0.2) is 11.1 Å². The summed E-state index contributed by atoms with van der Waals surface area (Å²) in [5.74, 6) is -0.247. The zero-order valence-electron chi connectivity index (χ0n) is 8.35. The molecule has 1 N–H and O–H groups in total. The van der Waals surface area contributed by atoms with Crippen molar-refractivity contribution in [2.24, 2.45) is 5.92 Å². The second-order valence-corrected chi connectivity index (χ2v) is 3.57.